The second-order valence-corrected chi connectivity index (χ2v) is 17.7. The third-order valence-corrected chi connectivity index (χ3v) is 12.4. The standard InChI is InChI=1S/C47H46ClF2N7O5S/c1-47(2)17-15-33(40(26-47)31-5-7-34(48)8-6-31)29-55-19-21-56(22-20-55)35-9-13-39(43(24-35)61-37-23-32-16-18-51-44(32)53-28-37)45(58)54-63-38-12-14-41(42(25-38)57(59)60)52-27-30-3-10-36(11-4-30)62-46(49)50/h3-14,16,18,23-25,28,46,52H,15,17,19-22,26-27,29H2,1-2H3,(H,51,53)(H,54,58). The number of benzene rings is 4. The molecule has 12 nitrogen and oxygen atoms in total. The molecule has 1 amide bonds. The number of halogens is 3. The molecule has 1 aliphatic carbocycles. The number of nitrogens with zero attached hydrogens (tertiary/aromatic N) is 4. The molecule has 0 bridgehead atoms. The predicted octanol–water partition coefficient (Wildman–Crippen LogP) is 11.4. The van der Waals surface area contributed by atoms with Gasteiger partial charge in [-0.25, -0.2) is 4.98 Å². The Morgan fingerprint density at radius 3 is 2.51 bits per heavy atom. The molecule has 0 atom stereocenters. The molecule has 2 aliphatic rings. The molecule has 16 heteroatoms. The number of carbonyl (C=O) groups excluding carboxylic acids is 1. The van der Waals surface area contributed by atoms with Gasteiger partial charge in [-0.2, -0.15) is 8.78 Å². The van der Waals surface area contributed by atoms with Gasteiger partial charge in [0, 0.05) is 78.6 Å². The molecule has 0 saturated carbocycles. The number of allylic oxidation sites excluding steroid dienone is 1. The molecule has 6 aromatic rings. The van der Waals surface area contributed by atoms with Crippen LogP contribution in [0.25, 0.3) is 16.6 Å². The van der Waals surface area contributed by atoms with E-state index in [2.05, 4.69) is 60.5 Å². The summed E-state index contributed by atoms with van der Waals surface area (Å²) in [5.74, 6) is 0.361. The van der Waals surface area contributed by atoms with Gasteiger partial charge in [0.2, 0.25) is 0 Å². The van der Waals surface area contributed by atoms with Crippen molar-refractivity contribution in [3.05, 3.63) is 147 Å². The molecule has 3 heterocycles. The lowest BCUT2D eigenvalue weighted by Crippen LogP contribution is -2.47. The second kappa shape index (κ2) is 19.1. The zero-order valence-corrected chi connectivity index (χ0v) is 36.3. The molecule has 1 aliphatic heterocycles. The van der Waals surface area contributed by atoms with E-state index in [0.717, 1.165) is 80.0 Å². The number of ether oxygens (including phenoxy) is 2. The summed E-state index contributed by atoms with van der Waals surface area (Å²) in [5.41, 5.74) is 7.08. The number of carbonyl (C=O) groups is 1. The third-order valence-electron chi connectivity index (χ3n) is 11.4. The van der Waals surface area contributed by atoms with Crippen molar-refractivity contribution in [3.8, 4) is 17.2 Å². The van der Waals surface area contributed by atoms with Crippen LogP contribution in [0.5, 0.6) is 17.2 Å². The number of rotatable bonds is 15. The van der Waals surface area contributed by atoms with E-state index in [4.69, 9.17) is 16.3 Å². The molecule has 4 aromatic carbocycles. The van der Waals surface area contributed by atoms with Crippen LogP contribution in [0.4, 0.5) is 25.8 Å². The number of pyridine rings is 1. The number of aromatic amines is 1. The summed E-state index contributed by atoms with van der Waals surface area (Å²) in [5, 5.41) is 16.7. The number of fused-ring (bicyclic) bond motifs is 1. The largest absolute Gasteiger partial charge is 0.455 e. The monoisotopic (exact) mass is 893 g/mol. The van der Waals surface area contributed by atoms with E-state index in [1.165, 1.54) is 34.9 Å². The molecule has 2 aromatic heterocycles. The highest BCUT2D eigenvalue weighted by Crippen LogP contribution is 2.43. The van der Waals surface area contributed by atoms with Crippen LogP contribution in [-0.2, 0) is 6.54 Å². The van der Waals surface area contributed by atoms with Crippen LogP contribution in [0.2, 0.25) is 5.02 Å². The van der Waals surface area contributed by atoms with E-state index in [1.807, 2.05) is 36.4 Å². The van der Waals surface area contributed by atoms with Crippen LogP contribution in [0.3, 0.4) is 0 Å². The number of amides is 1. The van der Waals surface area contributed by atoms with E-state index in [0.29, 0.717) is 27.6 Å². The van der Waals surface area contributed by atoms with Gasteiger partial charge in [0.15, 0.2) is 0 Å². The van der Waals surface area contributed by atoms with E-state index >= 15 is 0 Å². The number of anilines is 2. The quantitative estimate of drug-likeness (QED) is 0.0519. The fourth-order valence-electron chi connectivity index (χ4n) is 8.00. The van der Waals surface area contributed by atoms with Crippen molar-refractivity contribution in [2.45, 2.75) is 51.2 Å². The Morgan fingerprint density at radius 2 is 1.76 bits per heavy atom. The lowest BCUT2D eigenvalue weighted by molar-refractivity contribution is -0.384. The Morgan fingerprint density at radius 1 is 0.984 bits per heavy atom. The first-order valence-electron chi connectivity index (χ1n) is 20.6. The molecule has 0 unspecified atom stereocenters. The van der Waals surface area contributed by atoms with Gasteiger partial charge in [-0.05, 0) is 114 Å². The minimum Gasteiger partial charge on any atom is -0.455 e. The van der Waals surface area contributed by atoms with Crippen molar-refractivity contribution in [2.24, 2.45) is 5.41 Å². The van der Waals surface area contributed by atoms with Crippen molar-refractivity contribution >= 4 is 63.1 Å². The Balaban J connectivity index is 0.956. The molecule has 0 radical (unpaired) electrons. The zero-order chi connectivity index (χ0) is 44.1. The summed E-state index contributed by atoms with van der Waals surface area (Å²) in [6.07, 6.45) is 6.65. The molecule has 1 saturated heterocycles. The van der Waals surface area contributed by atoms with Gasteiger partial charge in [-0.3, -0.25) is 24.5 Å². The van der Waals surface area contributed by atoms with Gasteiger partial charge >= 0.3 is 6.61 Å². The number of nitrogens with one attached hydrogen (secondary N) is 3. The van der Waals surface area contributed by atoms with Gasteiger partial charge in [0.25, 0.3) is 11.6 Å². The van der Waals surface area contributed by atoms with Gasteiger partial charge in [0.05, 0.1) is 16.7 Å². The van der Waals surface area contributed by atoms with Crippen LogP contribution in [-0.4, -0.2) is 65.0 Å². The fraction of sp³-hybridized carbons (Fsp3) is 0.277. The van der Waals surface area contributed by atoms with Crippen molar-refractivity contribution in [3.63, 3.8) is 0 Å². The lowest BCUT2D eigenvalue weighted by atomic mass is 9.72. The van der Waals surface area contributed by atoms with Crippen molar-refractivity contribution < 1.29 is 28.0 Å². The highest BCUT2D eigenvalue weighted by atomic mass is 35.5. The van der Waals surface area contributed by atoms with Crippen LogP contribution >= 0.6 is 23.5 Å². The van der Waals surface area contributed by atoms with Crippen LogP contribution in [0.1, 0.15) is 54.6 Å². The van der Waals surface area contributed by atoms with E-state index < -0.39 is 17.4 Å². The number of aromatic nitrogens is 2. The zero-order valence-electron chi connectivity index (χ0n) is 34.7. The van der Waals surface area contributed by atoms with Crippen molar-refractivity contribution in [2.75, 3.05) is 42.9 Å². The number of piperazine rings is 1. The van der Waals surface area contributed by atoms with E-state index in [1.54, 1.807) is 42.7 Å². The predicted molar refractivity (Wildman–Crippen MR) is 244 cm³/mol. The normalized spacial score (nSPS) is 15.4. The smallest absolute Gasteiger partial charge is 0.387 e. The van der Waals surface area contributed by atoms with Crippen molar-refractivity contribution in [1.29, 1.82) is 0 Å². The van der Waals surface area contributed by atoms with Crippen LogP contribution < -0.4 is 24.4 Å². The molecular formula is C47H46ClF2N7O5S. The third kappa shape index (κ3) is 10.9. The maximum Gasteiger partial charge on any atom is 0.387 e. The number of hydrogen-bond donors (Lipinski definition) is 3. The van der Waals surface area contributed by atoms with Gasteiger partial charge in [0.1, 0.15) is 28.6 Å². The van der Waals surface area contributed by atoms with Crippen LogP contribution in [0, 0.1) is 15.5 Å². The lowest BCUT2D eigenvalue weighted by Gasteiger charge is -2.39. The summed E-state index contributed by atoms with van der Waals surface area (Å²) in [4.78, 5) is 38.3. The number of nitro benzene ring substituents is 1. The minimum atomic E-state index is -2.94. The number of H-pyrrole nitrogens is 1. The maximum atomic E-state index is 13.9. The Labute approximate surface area is 372 Å². The molecule has 3 N–H and O–H groups in total. The topological polar surface area (TPSA) is 138 Å². The highest BCUT2D eigenvalue weighted by molar-refractivity contribution is 7.98. The number of nitro groups is 1. The Kier molecular flexibility index (Phi) is 13.2. The van der Waals surface area contributed by atoms with Crippen molar-refractivity contribution in [1.82, 2.24) is 19.6 Å². The molecule has 63 heavy (non-hydrogen) atoms. The van der Waals surface area contributed by atoms with Crippen LogP contribution in [0.15, 0.2) is 120 Å². The highest BCUT2D eigenvalue weighted by Gasteiger charge is 2.30. The molecule has 8 rings (SSSR count). The Hall–Kier alpha value is -6.16. The average molecular weight is 894 g/mol. The van der Waals surface area contributed by atoms with Gasteiger partial charge in [-0.15, -0.1) is 0 Å². The van der Waals surface area contributed by atoms with Gasteiger partial charge < -0.3 is 24.7 Å². The summed E-state index contributed by atoms with van der Waals surface area (Å²) in [6, 6.07) is 28.1. The molecule has 326 valence electrons. The molecular weight excluding hydrogens is 848 g/mol. The minimum absolute atomic E-state index is 0.0134. The second-order valence-electron chi connectivity index (χ2n) is 16.4. The summed E-state index contributed by atoms with van der Waals surface area (Å²) in [6.45, 7) is 6.19. The molecule has 0 spiro atoms. The summed E-state index contributed by atoms with van der Waals surface area (Å²) < 4.78 is 38.7. The summed E-state index contributed by atoms with van der Waals surface area (Å²) in [7, 11) is 0. The maximum absolute atomic E-state index is 13.9. The van der Waals surface area contributed by atoms with E-state index in [-0.39, 0.29) is 34.6 Å². The number of alkyl halides is 2. The average Bonchev–Trinajstić information content (AvgIpc) is 3.74. The molecule has 1 fully saturated rings. The first-order valence-corrected chi connectivity index (χ1v) is 21.8. The summed E-state index contributed by atoms with van der Waals surface area (Å²) >= 11 is 7.19. The Bertz CT molecular complexity index is 2630. The fourth-order valence-corrected chi connectivity index (χ4v) is 8.76. The van der Waals surface area contributed by atoms with Gasteiger partial charge in [-0.1, -0.05) is 55.3 Å². The first-order chi connectivity index (χ1) is 30.4. The van der Waals surface area contributed by atoms with E-state index in [9.17, 15) is 23.7 Å². The SMILES string of the molecule is CC1(C)CCC(CN2CCN(c3ccc(C(=O)NSc4ccc(NCc5ccc(OC(F)F)cc5)c([N+](=O)[O-])c4)c(Oc4cnc5[nH]ccc5c4)c3)CC2)=C(c2ccc(Cl)cc2)C1. The number of hydrogen-bond acceptors (Lipinski definition) is 10. The first kappa shape index (κ1) is 43.5.